The maximum atomic E-state index is 12.9. The number of rotatable bonds is 3. The van der Waals surface area contributed by atoms with Crippen molar-refractivity contribution in [2.24, 2.45) is 7.05 Å². The number of hydrogen-bond donors (Lipinski definition) is 0. The fourth-order valence-electron chi connectivity index (χ4n) is 3.40. The first-order valence-electron chi connectivity index (χ1n) is 8.11. The molecular weight excluding hydrogens is 337 g/mol. The summed E-state index contributed by atoms with van der Waals surface area (Å²) in [4.78, 5) is 14.4. The molecular formula is C16H19F3N4O2. The van der Waals surface area contributed by atoms with Crippen molar-refractivity contribution in [2.75, 3.05) is 6.54 Å². The molecule has 0 radical (unpaired) electrons. The van der Waals surface area contributed by atoms with E-state index in [1.165, 1.54) is 7.05 Å². The lowest BCUT2D eigenvalue weighted by atomic mass is 10.0. The van der Waals surface area contributed by atoms with Crippen LogP contribution in [0.25, 0.3) is 0 Å². The predicted octanol–water partition coefficient (Wildman–Crippen LogP) is 3.28. The first-order valence-corrected chi connectivity index (χ1v) is 8.11. The van der Waals surface area contributed by atoms with Gasteiger partial charge in [-0.3, -0.25) is 9.48 Å². The molecule has 1 atom stereocenters. The molecule has 2 aromatic heterocycles. The van der Waals surface area contributed by atoms with E-state index in [9.17, 15) is 18.0 Å². The summed E-state index contributed by atoms with van der Waals surface area (Å²) in [6.45, 7) is 4.20. The molecule has 1 aliphatic rings. The zero-order valence-electron chi connectivity index (χ0n) is 14.2. The summed E-state index contributed by atoms with van der Waals surface area (Å²) in [6, 6.07) is 0.559. The lowest BCUT2D eigenvalue weighted by molar-refractivity contribution is -0.143. The minimum absolute atomic E-state index is 0.200. The van der Waals surface area contributed by atoms with Gasteiger partial charge in [-0.15, -0.1) is 0 Å². The number of halogens is 3. The number of aryl methyl sites for hydroxylation is 3. The van der Waals surface area contributed by atoms with Gasteiger partial charge in [-0.05, 0) is 19.8 Å². The molecule has 0 saturated carbocycles. The molecule has 3 heterocycles. The average Bonchev–Trinajstić information content (AvgIpc) is 3.23. The number of carbonyl (C=O) groups is 1. The van der Waals surface area contributed by atoms with Gasteiger partial charge in [-0.2, -0.15) is 18.3 Å². The normalized spacial score (nSPS) is 18.2. The van der Waals surface area contributed by atoms with Gasteiger partial charge in [-0.25, -0.2) is 0 Å². The summed E-state index contributed by atoms with van der Waals surface area (Å²) in [6.07, 6.45) is -2.43. The van der Waals surface area contributed by atoms with Crippen molar-refractivity contribution in [3.8, 4) is 0 Å². The van der Waals surface area contributed by atoms with E-state index in [4.69, 9.17) is 4.52 Å². The van der Waals surface area contributed by atoms with Crippen molar-refractivity contribution >= 4 is 5.91 Å². The molecule has 0 N–H and O–H groups in total. The Hall–Kier alpha value is -2.32. The molecule has 0 aliphatic carbocycles. The Kier molecular flexibility index (Phi) is 4.34. The third kappa shape index (κ3) is 3.03. The molecule has 1 fully saturated rings. The summed E-state index contributed by atoms with van der Waals surface area (Å²) in [5, 5.41) is 7.74. The Morgan fingerprint density at radius 2 is 2.16 bits per heavy atom. The Bertz CT molecular complexity index is 794. The summed E-state index contributed by atoms with van der Waals surface area (Å²) in [7, 11) is 1.18. The van der Waals surface area contributed by atoms with Crippen LogP contribution in [0.1, 0.15) is 59.0 Å². The van der Waals surface area contributed by atoms with Crippen molar-refractivity contribution in [1.29, 1.82) is 0 Å². The average molecular weight is 356 g/mol. The van der Waals surface area contributed by atoms with Gasteiger partial charge in [0, 0.05) is 31.6 Å². The highest BCUT2D eigenvalue weighted by atomic mass is 19.4. The third-order valence-corrected chi connectivity index (χ3v) is 4.54. The molecule has 0 spiro atoms. The molecule has 136 valence electrons. The topological polar surface area (TPSA) is 64.2 Å². The van der Waals surface area contributed by atoms with Crippen LogP contribution in [0.4, 0.5) is 13.2 Å². The van der Waals surface area contributed by atoms with E-state index in [0.717, 1.165) is 24.5 Å². The standard InChI is InChI=1S/C16H19F3N4O2/c1-4-12-14(9(2)21-25-12)11-6-5-7-23(11)15(24)10-8-13(16(17,18)19)22(3)20-10/h8,11H,4-7H2,1-3H3. The SMILES string of the molecule is CCc1onc(C)c1C1CCCN1C(=O)c1cc(C(F)(F)F)n(C)n1. The van der Waals surface area contributed by atoms with Gasteiger partial charge in [0.1, 0.15) is 11.5 Å². The molecule has 1 aliphatic heterocycles. The Balaban J connectivity index is 1.93. The molecule has 1 saturated heterocycles. The van der Waals surface area contributed by atoms with Gasteiger partial charge < -0.3 is 9.42 Å². The van der Waals surface area contributed by atoms with E-state index in [0.29, 0.717) is 29.1 Å². The van der Waals surface area contributed by atoms with E-state index < -0.39 is 17.8 Å². The van der Waals surface area contributed by atoms with E-state index >= 15 is 0 Å². The van der Waals surface area contributed by atoms with Crippen molar-refractivity contribution < 1.29 is 22.5 Å². The van der Waals surface area contributed by atoms with Crippen LogP contribution in [-0.2, 0) is 19.6 Å². The van der Waals surface area contributed by atoms with Gasteiger partial charge in [-0.1, -0.05) is 12.1 Å². The van der Waals surface area contributed by atoms with Crippen LogP contribution < -0.4 is 0 Å². The molecule has 1 amide bonds. The van der Waals surface area contributed by atoms with Crippen LogP contribution in [0.5, 0.6) is 0 Å². The molecule has 1 unspecified atom stereocenters. The Morgan fingerprint density at radius 3 is 2.76 bits per heavy atom. The molecule has 0 aromatic carbocycles. The zero-order chi connectivity index (χ0) is 18.4. The second-order valence-electron chi connectivity index (χ2n) is 6.15. The van der Waals surface area contributed by atoms with Crippen LogP contribution in [0.3, 0.4) is 0 Å². The maximum Gasteiger partial charge on any atom is 0.433 e. The first kappa shape index (κ1) is 17.5. The van der Waals surface area contributed by atoms with Gasteiger partial charge in [0.05, 0.1) is 11.7 Å². The molecule has 6 nitrogen and oxygen atoms in total. The highest BCUT2D eigenvalue weighted by molar-refractivity contribution is 5.93. The summed E-state index contributed by atoms with van der Waals surface area (Å²) >= 11 is 0. The number of aromatic nitrogens is 3. The van der Waals surface area contributed by atoms with Crippen LogP contribution in [-0.4, -0.2) is 32.3 Å². The fourth-order valence-corrected chi connectivity index (χ4v) is 3.40. The predicted molar refractivity (Wildman–Crippen MR) is 81.8 cm³/mol. The molecule has 2 aromatic rings. The second kappa shape index (κ2) is 6.20. The quantitative estimate of drug-likeness (QED) is 0.847. The minimum Gasteiger partial charge on any atom is -0.361 e. The second-order valence-corrected chi connectivity index (χ2v) is 6.15. The van der Waals surface area contributed by atoms with Gasteiger partial charge in [0.15, 0.2) is 5.69 Å². The van der Waals surface area contributed by atoms with Crippen molar-refractivity contribution in [3.05, 3.63) is 34.5 Å². The number of likely N-dealkylation sites (tertiary alicyclic amines) is 1. The summed E-state index contributed by atoms with van der Waals surface area (Å²) < 4.78 is 44.8. The van der Waals surface area contributed by atoms with Crippen molar-refractivity contribution in [1.82, 2.24) is 19.8 Å². The van der Waals surface area contributed by atoms with Crippen LogP contribution in [0.2, 0.25) is 0 Å². The lowest BCUT2D eigenvalue weighted by Gasteiger charge is -2.24. The van der Waals surface area contributed by atoms with Crippen LogP contribution in [0.15, 0.2) is 10.6 Å². The highest BCUT2D eigenvalue weighted by Crippen LogP contribution is 2.37. The van der Waals surface area contributed by atoms with Crippen LogP contribution >= 0.6 is 0 Å². The highest BCUT2D eigenvalue weighted by Gasteiger charge is 2.39. The van der Waals surface area contributed by atoms with Crippen molar-refractivity contribution in [3.63, 3.8) is 0 Å². The Labute approximate surface area is 142 Å². The van der Waals surface area contributed by atoms with Gasteiger partial charge in [0.2, 0.25) is 0 Å². The maximum absolute atomic E-state index is 12.9. The number of carbonyl (C=O) groups excluding carboxylic acids is 1. The smallest absolute Gasteiger partial charge is 0.361 e. The van der Waals surface area contributed by atoms with E-state index in [1.54, 1.807) is 4.90 Å². The monoisotopic (exact) mass is 356 g/mol. The molecule has 3 rings (SSSR count). The number of nitrogens with zero attached hydrogens (tertiary/aromatic N) is 4. The van der Waals surface area contributed by atoms with E-state index in [-0.39, 0.29) is 11.7 Å². The minimum atomic E-state index is -4.55. The van der Waals surface area contributed by atoms with Gasteiger partial charge >= 0.3 is 6.18 Å². The third-order valence-electron chi connectivity index (χ3n) is 4.54. The number of alkyl halides is 3. The van der Waals surface area contributed by atoms with E-state index in [1.807, 2.05) is 13.8 Å². The number of amides is 1. The van der Waals surface area contributed by atoms with Gasteiger partial charge in [0.25, 0.3) is 5.91 Å². The van der Waals surface area contributed by atoms with Crippen molar-refractivity contribution in [2.45, 2.75) is 45.3 Å². The largest absolute Gasteiger partial charge is 0.433 e. The fraction of sp³-hybridized carbons (Fsp3) is 0.562. The molecule has 9 heteroatoms. The Morgan fingerprint density at radius 1 is 1.44 bits per heavy atom. The van der Waals surface area contributed by atoms with E-state index in [2.05, 4.69) is 10.3 Å². The zero-order valence-corrected chi connectivity index (χ0v) is 14.2. The lowest BCUT2D eigenvalue weighted by Crippen LogP contribution is -2.31. The summed E-state index contributed by atoms with van der Waals surface area (Å²) in [5.41, 5.74) is 0.426. The molecule has 0 bridgehead atoms. The van der Waals surface area contributed by atoms with Crippen LogP contribution in [0, 0.1) is 6.92 Å². The first-order chi connectivity index (χ1) is 11.7. The number of hydrogen-bond acceptors (Lipinski definition) is 4. The molecule has 25 heavy (non-hydrogen) atoms. The summed E-state index contributed by atoms with van der Waals surface area (Å²) in [5.74, 6) is 0.204.